The van der Waals surface area contributed by atoms with Gasteiger partial charge >= 0.3 is 0 Å². The van der Waals surface area contributed by atoms with Crippen LogP contribution in [0.2, 0.25) is 0 Å². The van der Waals surface area contributed by atoms with E-state index in [1.54, 1.807) is 19.5 Å². The van der Waals surface area contributed by atoms with Crippen LogP contribution >= 0.6 is 0 Å². The molecule has 1 heterocycles. The van der Waals surface area contributed by atoms with Gasteiger partial charge in [-0.25, -0.2) is 0 Å². The SMILES string of the molecule is COc1ccc(OCCc2ccncc2)c(CN)c1. The number of hydrogen-bond acceptors (Lipinski definition) is 4. The summed E-state index contributed by atoms with van der Waals surface area (Å²) < 4.78 is 10.9. The molecule has 2 aromatic rings. The molecular weight excluding hydrogens is 240 g/mol. The van der Waals surface area contributed by atoms with Crippen molar-refractivity contribution in [1.29, 1.82) is 0 Å². The summed E-state index contributed by atoms with van der Waals surface area (Å²) in [6.07, 6.45) is 4.42. The number of nitrogens with zero attached hydrogens (tertiary/aromatic N) is 1. The molecule has 0 spiro atoms. The number of pyridine rings is 1. The van der Waals surface area contributed by atoms with Gasteiger partial charge in [0.15, 0.2) is 0 Å². The third-order valence-electron chi connectivity index (χ3n) is 2.89. The van der Waals surface area contributed by atoms with Crippen molar-refractivity contribution in [3.8, 4) is 11.5 Å². The molecule has 0 radical (unpaired) electrons. The Hall–Kier alpha value is -2.07. The maximum absolute atomic E-state index is 5.78. The number of hydrogen-bond donors (Lipinski definition) is 1. The molecule has 2 rings (SSSR count). The van der Waals surface area contributed by atoms with E-state index in [1.807, 2.05) is 30.3 Å². The molecule has 1 aromatic carbocycles. The average molecular weight is 258 g/mol. The molecular formula is C15H18N2O2. The summed E-state index contributed by atoms with van der Waals surface area (Å²) in [5.41, 5.74) is 7.87. The van der Waals surface area contributed by atoms with E-state index < -0.39 is 0 Å². The van der Waals surface area contributed by atoms with Crippen molar-refractivity contribution in [3.63, 3.8) is 0 Å². The van der Waals surface area contributed by atoms with Crippen LogP contribution in [0.4, 0.5) is 0 Å². The van der Waals surface area contributed by atoms with Crippen LogP contribution in [-0.4, -0.2) is 18.7 Å². The second-order valence-corrected chi connectivity index (χ2v) is 4.13. The van der Waals surface area contributed by atoms with Crippen LogP contribution in [-0.2, 0) is 13.0 Å². The predicted molar refractivity (Wildman–Crippen MR) is 74.3 cm³/mol. The van der Waals surface area contributed by atoms with E-state index in [2.05, 4.69) is 4.98 Å². The van der Waals surface area contributed by atoms with E-state index in [0.29, 0.717) is 13.2 Å². The largest absolute Gasteiger partial charge is 0.497 e. The number of nitrogens with two attached hydrogens (primary N) is 1. The van der Waals surface area contributed by atoms with Gasteiger partial charge in [-0.2, -0.15) is 0 Å². The molecule has 1 aromatic heterocycles. The number of aromatic nitrogens is 1. The summed E-state index contributed by atoms with van der Waals surface area (Å²) in [6, 6.07) is 9.65. The zero-order valence-electron chi connectivity index (χ0n) is 11.0. The molecule has 0 amide bonds. The lowest BCUT2D eigenvalue weighted by molar-refractivity contribution is 0.317. The molecule has 0 aliphatic carbocycles. The minimum Gasteiger partial charge on any atom is -0.497 e. The second kappa shape index (κ2) is 6.75. The van der Waals surface area contributed by atoms with Crippen LogP contribution < -0.4 is 15.2 Å². The highest BCUT2D eigenvalue weighted by Crippen LogP contribution is 2.23. The van der Waals surface area contributed by atoms with Crippen molar-refractivity contribution in [2.75, 3.05) is 13.7 Å². The normalized spacial score (nSPS) is 10.2. The van der Waals surface area contributed by atoms with E-state index >= 15 is 0 Å². The van der Waals surface area contributed by atoms with Crippen LogP contribution in [0.15, 0.2) is 42.7 Å². The molecule has 4 heteroatoms. The summed E-state index contributed by atoms with van der Waals surface area (Å²) in [7, 11) is 1.64. The van der Waals surface area contributed by atoms with Gasteiger partial charge in [0.2, 0.25) is 0 Å². The highest BCUT2D eigenvalue weighted by atomic mass is 16.5. The molecule has 0 saturated carbocycles. The fourth-order valence-electron chi connectivity index (χ4n) is 1.81. The zero-order chi connectivity index (χ0) is 13.5. The maximum Gasteiger partial charge on any atom is 0.124 e. The fraction of sp³-hybridized carbons (Fsp3) is 0.267. The molecule has 19 heavy (non-hydrogen) atoms. The molecule has 0 atom stereocenters. The first-order valence-corrected chi connectivity index (χ1v) is 6.22. The molecule has 0 unspecified atom stereocenters. The van der Waals surface area contributed by atoms with Crippen LogP contribution in [0.1, 0.15) is 11.1 Å². The highest BCUT2D eigenvalue weighted by Gasteiger charge is 2.04. The topological polar surface area (TPSA) is 57.4 Å². The Morgan fingerprint density at radius 3 is 2.63 bits per heavy atom. The standard InChI is InChI=1S/C15H18N2O2/c1-18-14-2-3-15(13(10-14)11-16)19-9-6-12-4-7-17-8-5-12/h2-5,7-8,10H,6,9,11,16H2,1H3. The van der Waals surface area contributed by atoms with E-state index in [0.717, 1.165) is 23.5 Å². The van der Waals surface area contributed by atoms with E-state index in [-0.39, 0.29) is 0 Å². The van der Waals surface area contributed by atoms with E-state index in [9.17, 15) is 0 Å². The van der Waals surface area contributed by atoms with Crippen molar-refractivity contribution >= 4 is 0 Å². The summed E-state index contributed by atoms with van der Waals surface area (Å²) in [5.74, 6) is 1.61. The number of benzene rings is 1. The lowest BCUT2D eigenvalue weighted by atomic mass is 10.2. The van der Waals surface area contributed by atoms with Crippen molar-refractivity contribution in [2.45, 2.75) is 13.0 Å². The van der Waals surface area contributed by atoms with Crippen LogP contribution in [0.25, 0.3) is 0 Å². The van der Waals surface area contributed by atoms with Crippen molar-refractivity contribution in [1.82, 2.24) is 4.98 Å². The van der Waals surface area contributed by atoms with Gasteiger partial charge < -0.3 is 15.2 Å². The molecule has 0 fully saturated rings. The Morgan fingerprint density at radius 2 is 1.95 bits per heavy atom. The van der Waals surface area contributed by atoms with Gasteiger partial charge in [-0.05, 0) is 35.9 Å². The van der Waals surface area contributed by atoms with Crippen molar-refractivity contribution in [2.24, 2.45) is 5.73 Å². The molecule has 0 aliphatic rings. The first kappa shape index (κ1) is 13.4. The zero-order valence-corrected chi connectivity index (χ0v) is 11.0. The molecule has 100 valence electrons. The number of ether oxygens (including phenoxy) is 2. The van der Waals surface area contributed by atoms with Crippen LogP contribution in [0, 0.1) is 0 Å². The predicted octanol–water partition coefficient (Wildman–Crippen LogP) is 2.17. The van der Waals surface area contributed by atoms with Gasteiger partial charge in [0, 0.05) is 30.9 Å². The van der Waals surface area contributed by atoms with Gasteiger partial charge in [0.1, 0.15) is 11.5 Å². The van der Waals surface area contributed by atoms with Crippen LogP contribution in [0.5, 0.6) is 11.5 Å². The Morgan fingerprint density at radius 1 is 1.16 bits per heavy atom. The first-order valence-electron chi connectivity index (χ1n) is 6.22. The van der Waals surface area contributed by atoms with Crippen molar-refractivity contribution < 1.29 is 9.47 Å². The first-order chi connectivity index (χ1) is 9.33. The Labute approximate surface area is 113 Å². The molecule has 0 saturated heterocycles. The van der Waals surface area contributed by atoms with Gasteiger partial charge in [-0.1, -0.05) is 0 Å². The second-order valence-electron chi connectivity index (χ2n) is 4.13. The number of rotatable bonds is 6. The smallest absolute Gasteiger partial charge is 0.124 e. The minimum atomic E-state index is 0.432. The summed E-state index contributed by atoms with van der Waals surface area (Å²) in [6.45, 7) is 1.05. The molecule has 2 N–H and O–H groups in total. The Kier molecular flexibility index (Phi) is 4.75. The van der Waals surface area contributed by atoms with E-state index in [1.165, 1.54) is 5.56 Å². The number of methoxy groups -OCH3 is 1. The highest BCUT2D eigenvalue weighted by molar-refractivity contribution is 5.40. The van der Waals surface area contributed by atoms with Gasteiger partial charge in [0.05, 0.1) is 13.7 Å². The molecule has 0 aliphatic heterocycles. The molecule has 0 bridgehead atoms. The minimum absolute atomic E-state index is 0.432. The lowest BCUT2D eigenvalue weighted by Crippen LogP contribution is -2.06. The third kappa shape index (κ3) is 3.69. The van der Waals surface area contributed by atoms with Gasteiger partial charge in [0.25, 0.3) is 0 Å². The monoisotopic (exact) mass is 258 g/mol. The van der Waals surface area contributed by atoms with Gasteiger partial charge in [-0.15, -0.1) is 0 Å². The van der Waals surface area contributed by atoms with Crippen LogP contribution in [0.3, 0.4) is 0 Å². The Balaban J connectivity index is 1.96. The third-order valence-corrected chi connectivity index (χ3v) is 2.89. The van der Waals surface area contributed by atoms with Gasteiger partial charge in [-0.3, -0.25) is 4.98 Å². The average Bonchev–Trinajstić information content (AvgIpc) is 2.48. The molecule has 4 nitrogen and oxygen atoms in total. The van der Waals surface area contributed by atoms with E-state index in [4.69, 9.17) is 15.2 Å². The summed E-state index contributed by atoms with van der Waals surface area (Å²) in [5, 5.41) is 0. The lowest BCUT2D eigenvalue weighted by Gasteiger charge is -2.11. The summed E-state index contributed by atoms with van der Waals surface area (Å²) in [4.78, 5) is 3.99. The summed E-state index contributed by atoms with van der Waals surface area (Å²) >= 11 is 0. The quantitative estimate of drug-likeness (QED) is 0.862. The van der Waals surface area contributed by atoms with Crippen molar-refractivity contribution in [3.05, 3.63) is 53.9 Å². The maximum atomic E-state index is 5.78. The Bertz CT molecular complexity index is 515. The fourth-order valence-corrected chi connectivity index (χ4v) is 1.81.